The van der Waals surface area contributed by atoms with Gasteiger partial charge in [-0.25, -0.2) is 0 Å². The van der Waals surface area contributed by atoms with Crippen LogP contribution in [0.25, 0.3) is 0 Å². The lowest BCUT2D eigenvalue weighted by Gasteiger charge is -2.19. The monoisotopic (exact) mass is 204 g/mol. The second-order valence-electron chi connectivity index (χ2n) is 3.87. The van der Waals surface area contributed by atoms with Crippen molar-refractivity contribution in [2.24, 2.45) is 0 Å². The minimum atomic E-state index is -0.318. The zero-order valence-electron chi connectivity index (χ0n) is 9.63. The van der Waals surface area contributed by atoms with Crippen molar-refractivity contribution in [3.8, 4) is 23.8 Å². The number of rotatable bonds is 3. The molecule has 1 rings (SSSR count). The summed E-state index contributed by atoms with van der Waals surface area (Å²) in [5.41, 5.74) is 0.697. The molecule has 0 heterocycles. The maximum absolute atomic E-state index is 5.49. The Morgan fingerprint density at radius 3 is 1.87 bits per heavy atom. The van der Waals surface area contributed by atoms with Gasteiger partial charge >= 0.3 is 0 Å². The van der Waals surface area contributed by atoms with Crippen LogP contribution >= 0.6 is 0 Å². The van der Waals surface area contributed by atoms with Gasteiger partial charge < -0.3 is 9.47 Å². The van der Waals surface area contributed by atoms with Crippen molar-refractivity contribution in [1.82, 2.24) is 0 Å². The van der Waals surface area contributed by atoms with Gasteiger partial charge in [-0.1, -0.05) is 5.92 Å². The van der Waals surface area contributed by atoms with E-state index in [-0.39, 0.29) is 5.41 Å². The molecule has 0 aliphatic heterocycles. The minimum Gasteiger partial charge on any atom is -0.497 e. The highest BCUT2D eigenvalue weighted by molar-refractivity contribution is 5.44. The van der Waals surface area contributed by atoms with E-state index >= 15 is 0 Å². The van der Waals surface area contributed by atoms with Gasteiger partial charge in [0.15, 0.2) is 0 Å². The second kappa shape index (κ2) is 4.27. The molecular weight excluding hydrogens is 188 g/mol. The van der Waals surface area contributed by atoms with Crippen molar-refractivity contribution < 1.29 is 9.47 Å². The highest BCUT2D eigenvalue weighted by Gasteiger charge is 2.18. The van der Waals surface area contributed by atoms with Crippen molar-refractivity contribution in [3.63, 3.8) is 0 Å². The zero-order chi connectivity index (χ0) is 11.5. The predicted molar refractivity (Wildman–Crippen MR) is 61.4 cm³/mol. The van der Waals surface area contributed by atoms with Crippen molar-refractivity contribution in [1.29, 1.82) is 0 Å². The van der Waals surface area contributed by atoms with E-state index in [1.54, 1.807) is 14.2 Å². The molecular formula is C13H16O2. The first-order valence-electron chi connectivity index (χ1n) is 4.75. The van der Waals surface area contributed by atoms with Crippen LogP contribution in [-0.4, -0.2) is 14.2 Å². The summed E-state index contributed by atoms with van der Waals surface area (Å²) in [5.74, 6) is 4.26. The molecule has 0 saturated heterocycles. The second-order valence-corrected chi connectivity index (χ2v) is 3.87. The Kier molecular flexibility index (Phi) is 3.26. The van der Waals surface area contributed by atoms with Gasteiger partial charge in [0.25, 0.3) is 0 Å². The summed E-state index contributed by atoms with van der Waals surface area (Å²) in [6, 6.07) is 5.70. The van der Waals surface area contributed by atoms with Gasteiger partial charge in [-0.2, -0.15) is 0 Å². The molecule has 0 unspecified atom stereocenters. The third-order valence-corrected chi connectivity index (χ3v) is 2.43. The smallest absolute Gasteiger partial charge is 0.122 e. The van der Waals surface area contributed by atoms with Crippen LogP contribution in [0.1, 0.15) is 19.4 Å². The third kappa shape index (κ3) is 2.44. The van der Waals surface area contributed by atoms with Gasteiger partial charge in [-0.3, -0.25) is 0 Å². The van der Waals surface area contributed by atoms with E-state index in [1.807, 2.05) is 32.0 Å². The van der Waals surface area contributed by atoms with E-state index in [2.05, 4.69) is 5.92 Å². The number of methoxy groups -OCH3 is 2. The SMILES string of the molecule is C#CC(C)(C)c1cc(OC)cc(OC)c1. The van der Waals surface area contributed by atoms with Gasteiger partial charge in [-0.15, -0.1) is 6.42 Å². The molecule has 80 valence electrons. The summed E-state index contributed by atoms with van der Waals surface area (Å²) >= 11 is 0. The van der Waals surface area contributed by atoms with Crippen molar-refractivity contribution >= 4 is 0 Å². The molecule has 0 bridgehead atoms. The summed E-state index contributed by atoms with van der Waals surface area (Å²) in [4.78, 5) is 0. The summed E-state index contributed by atoms with van der Waals surface area (Å²) in [6.45, 7) is 3.97. The van der Waals surface area contributed by atoms with E-state index in [1.165, 1.54) is 0 Å². The Balaban J connectivity index is 3.25. The van der Waals surface area contributed by atoms with Crippen LogP contribution in [0.5, 0.6) is 11.5 Å². The van der Waals surface area contributed by atoms with E-state index in [0.29, 0.717) is 0 Å². The number of terminal acetylenes is 1. The lowest BCUT2D eigenvalue weighted by atomic mass is 9.85. The number of hydrogen-bond acceptors (Lipinski definition) is 2. The van der Waals surface area contributed by atoms with Crippen LogP contribution in [-0.2, 0) is 5.41 Å². The summed E-state index contributed by atoms with van der Waals surface area (Å²) in [7, 11) is 3.25. The van der Waals surface area contributed by atoms with Gasteiger partial charge in [0.05, 0.1) is 19.6 Å². The lowest BCUT2D eigenvalue weighted by molar-refractivity contribution is 0.392. The number of hydrogen-bond donors (Lipinski definition) is 0. The van der Waals surface area contributed by atoms with E-state index in [9.17, 15) is 0 Å². The van der Waals surface area contributed by atoms with E-state index in [4.69, 9.17) is 15.9 Å². The highest BCUT2D eigenvalue weighted by Crippen LogP contribution is 2.30. The average Bonchev–Trinajstić information content (AvgIpc) is 2.28. The fraction of sp³-hybridized carbons (Fsp3) is 0.385. The Hall–Kier alpha value is -1.62. The van der Waals surface area contributed by atoms with Gasteiger partial charge in [-0.05, 0) is 31.5 Å². The number of benzene rings is 1. The quantitative estimate of drug-likeness (QED) is 0.705. The predicted octanol–water partition coefficient (Wildman–Crippen LogP) is 2.61. The first kappa shape index (κ1) is 11.5. The maximum atomic E-state index is 5.49. The molecule has 1 aromatic carbocycles. The minimum absolute atomic E-state index is 0.318. The van der Waals surface area contributed by atoms with Crippen molar-refractivity contribution in [3.05, 3.63) is 23.8 Å². The highest BCUT2D eigenvalue weighted by atomic mass is 16.5. The molecule has 0 saturated carbocycles. The van der Waals surface area contributed by atoms with Crippen LogP contribution in [0.2, 0.25) is 0 Å². The van der Waals surface area contributed by atoms with Crippen LogP contribution < -0.4 is 9.47 Å². The third-order valence-electron chi connectivity index (χ3n) is 2.43. The lowest BCUT2D eigenvalue weighted by Crippen LogP contribution is -2.14. The van der Waals surface area contributed by atoms with E-state index in [0.717, 1.165) is 17.1 Å². The van der Waals surface area contributed by atoms with Gasteiger partial charge in [0.1, 0.15) is 11.5 Å². The molecule has 0 fully saturated rings. The topological polar surface area (TPSA) is 18.5 Å². The average molecular weight is 204 g/mol. The fourth-order valence-electron chi connectivity index (χ4n) is 1.25. The molecule has 0 aliphatic rings. The number of ether oxygens (including phenoxy) is 2. The molecule has 0 radical (unpaired) electrons. The fourth-order valence-corrected chi connectivity index (χ4v) is 1.25. The maximum Gasteiger partial charge on any atom is 0.122 e. The molecule has 15 heavy (non-hydrogen) atoms. The molecule has 0 aromatic heterocycles. The van der Waals surface area contributed by atoms with Crippen LogP contribution in [0.3, 0.4) is 0 Å². The molecule has 0 atom stereocenters. The van der Waals surface area contributed by atoms with Crippen molar-refractivity contribution in [2.45, 2.75) is 19.3 Å². The van der Waals surface area contributed by atoms with Crippen LogP contribution in [0.15, 0.2) is 18.2 Å². The molecule has 0 spiro atoms. The summed E-state index contributed by atoms with van der Waals surface area (Å²) in [6.07, 6.45) is 5.49. The molecule has 1 aromatic rings. The normalized spacial score (nSPS) is 10.6. The molecule has 2 nitrogen and oxygen atoms in total. The molecule has 2 heteroatoms. The molecule has 0 amide bonds. The summed E-state index contributed by atoms with van der Waals surface area (Å²) < 4.78 is 10.4. The van der Waals surface area contributed by atoms with Crippen LogP contribution in [0, 0.1) is 12.3 Å². The first-order valence-corrected chi connectivity index (χ1v) is 4.75. The van der Waals surface area contributed by atoms with Crippen molar-refractivity contribution in [2.75, 3.05) is 14.2 Å². The zero-order valence-corrected chi connectivity index (χ0v) is 9.63. The van der Waals surface area contributed by atoms with E-state index < -0.39 is 0 Å². The van der Waals surface area contributed by atoms with Crippen LogP contribution in [0.4, 0.5) is 0 Å². The molecule has 0 aliphatic carbocycles. The standard InChI is InChI=1S/C13H16O2/c1-6-13(2,3)10-7-11(14-4)9-12(8-10)15-5/h1,7-9H,2-5H3. The largest absolute Gasteiger partial charge is 0.497 e. The van der Waals surface area contributed by atoms with Gasteiger partial charge in [0.2, 0.25) is 0 Å². The summed E-state index contributed by atoms with van der Waals surface area (Å²) in [5, 5.41) is 0. The first-order chi connectivity index (χ1) is 7.03. The van der Waals surface area contributed by atoms with Gasteiger partial charge in [0, 0.05) is 6.07 Å². The Morgan fingerprint density at radius 1 is 1.07 bits per heavy atom. The molecule has 0 N–H and O–H groups in total. The Bertz CT molecular complexity index is 364. The Labute approximate surface area is 91.2 Å². The Morgan fingerprint density at radius 2 is 1.53 bits per heavy atom.